The van der Waals surface area contributed by atoms with Crippen LogP contribution in [-0.4, -0.2) is 62.8 Å². The molecule has 5 atom stereocenters. The Morgan fingerprint density at radius 1 is 1.00 bits per heavy atom. The van der Waals surface area contributed by atoms with E-state index in [0.717, 1.165) is 0 Å². The summed E-state index contributed by atoms with van der Waals surface area (Å²) in [5.74, 6) is 0.234. The highest BCUT2D eigenvalue weighted by Crippen LogP contribution is 2.34. The van der Waals surface area contributed by atoms with Crippen LogP contribution in [0.25, 0.3) is 22.3 Å². The van der Waals surface area contributed by atoms with Crippen LogP contribution in [0.1, 0.15) is 0 Å². The molecule has 1 aromatic heterocycles. The number of hydrogen-bond donors (Lipinski definition) is 4. The lowest BCUT2D eigenvalue weighted by Crippen LogP contribution is -2.60. The summed E-state index contributed by atoms with van der Waals surface area (Å²) in [7, 11) is 0. The van der Waals surface area contributed by atoms with Gasteiger partial charge in [-0.3, -0.25) is 4.79 Å². The topological polar surface area (TPSA) is 152 Å². The molecule has 2 aromatic carbocycles. The molecule has 158 valence electrons. The van der Waals surface area contributed by atoms with Gasteiger partial charge in [0.2, 0.25) is 12.0 Å². The molecule has 0 saturated carbocycles. The van der Waals surface area contributed by atoms with Crippen molar-refractivity contribution in [1.29, 1.82) is 0 Å². The predicted molar refractivity (Wildman–Crippen MR) is 105 cm³/mol. The first-order valence-corrected chi connectivity index (χ1v) is 9.25. The Hall–Kier alpha value is -2.95. The van der Waals surface area contributed by atoms with Crippen molar-refractivity contribution in [3.8, 4) is 22.8 Å². The van der Waals surface area contributed by atoms with E-state index in [1.807, 2.05) is 0 Å². The second-order valence-corrected chi connectivity index (χ2v) is 7.00. The van der Waals surface area contributed by atoms with Crippen LogP contribution in [0.5, 0.6) is 11.5 Å². The molecule has 1 fully saturated rings. The first-order chi connectivity index (χ1) is 14.4. The Morgan fingerprint density at radius 2 is 1.77 bits per heavy atom. The lowest BCUT2D eigenvalue weighted by Gasteiger charge is -2.39. The van der Waals surface area contributed by atoms with Gasteiger partial charge in [0, 0.05) is 17.7 Å². The number of ether oxygens (including phenoxy) is 2. The summed E-state index contributed by atoms with van der Waals surface area (Å²) in [5, 5.41) is 47.7. The van der Waals surface area contributed by atoms with Gasteiger partial charge < -0.3 is 39.4 Å². The highest BCUT2D eigenvalue weighted by atomic mass is 16.7. The summed E-state index contributed by atoms with van der Waals surface area (Å²) in [6.45, 7) is -0.585. The van der Waals surface area contributed by atoms with Crippen molar-refractivity contribution in [2.45, 2.75) is 30.7 Å². The Kier molecular flexibility index (Phi) is 5.46. The van der Waals surface area contributed by atoms with E-state index in [4.69, 9.17) is 19.0 Å². The molecule has 1 saturated heterocycles. The Morgan fingerprint density at radius 3 is 2.50 bits per heavy atom. The van der Waals surface area contributed by atoms with Gasteiger partial charge in [-0.25, -0.2) is 0 Å². The molecular formula is C21H21O9+. The fourth-order valence-electron chi connectivity index (χ4n) is 3.32. The number of aliphatic hydroxyl groups is 4. The minimum Gasteiger partial charge on any atom is -0.591 e. The fourth-order valence-corrected chi connectivity index (χ4v) is 3.32. The monoisotopic (exact) mass is 417 g/mol. The van der Waals surface area contributed by atoms with E-state index in [0.29, 0.717) is 16.5 Å². The van der Waals surface area contributed by atoms with Gasteiger partial charge >= 0.3 is 0 Å². The molecule has 3 aromatic rings. The normalized spacial score (nSPS) is 26.6. The summed E-state index contributed by atoms with van der Waals surface area (Å²) in [5.41, 5.74) is 0.692. The van der Waals surface area contributed by atoms with Crippen LogP contribution in [0.4, 0.5) is 0 Å². The molecule has 0 spiro atoms. The summed E-state index contributed by atoms with van der Waals surface area (Å²) < 4.78 is 16.6. The van der Waals surface area contributed by atoms with Crippen LogP contribution in [-0.2, 0) is 4.74 Å². The number of rotatable bonds is 4. The molecule has 0 amide bonds. The molecule has 1 aliphatic rings. The zero-order valence-corrected chi connectivity index (χ0v) is 15.6. The first kappa shape index (κ1) is 20.3. The van der Waals surface area contributed by atoms with E-state index >= 15 is 0 Å². The molecule has 0 radical (unpaired) electrons. The second-order valence-electron chi connectivity index (χ2n) is 7.00. The molecule has 30 heavy (non-hydrogen) atoms. The van der Waals surface area contributed by atoms with Crippen LogP contribution < -0.4 is 10.2 Å². The summed E-state index contributed by atoms with van der Waals surface area (Å²) in [6.07, 6.45) is -7.18. The van der Waals surface area contributed by atoms with Gasteiger partial charge in [-0.1, -0.05) is 12.1 Å². The van der Waals surface area contributed by atoms with Crippen molar-refractivity contribution in [1.82, 2.24) is 0 Å². The largest absolute Gasteiger partial charge is 0.591 e. The average Bonchev–Trinajstić information content (AvgIpc) is 2.75. The van der Waals surface area contributed by atoms with Gasteiger partial charge in [-0.15, -0.1) is 0 Å². The molecule has 4 rings (SSSR count). The van der Waals surface area contributed by atoms with Gasteiger partial charge in [-0.05, 0) is 24.3 Å². The minimum atomic E-state index is -1.58. The van der Waals surface area contributed by atoms with Crippen LogP contribution in [0, 0.1) is 0 Å². The maximum absolute atomic E-state index is 12.3. The first-order valence-electron chi connectivity index (χ1n) is 9.25. The lowest BCUT2D eigenvalue weighted by atomic mass is 9.99. The van der Waals surface area contributed by atoms with E-state index in [1.54, 1.807) is 30.3 Å². The SMILES string of the molecule is O=c1cc(-c2ccc(O[C@@H]3OC(CO)[C@H](O)C(O)[C@@H]3O)c([OH2+])c2)oc2ccccc12. The van der Waals surface area contributed by atoms with Gasteiger partial charge in [0.25, 0.3) is 5.75 Å². The smallest absolute Gasteiger partial charge is 0.297 e. The van der Waals surface area contributed by atoms with Gasteiger partial charge in [0.05, 0.1) is 12.0 Å². The zero-order valence-electron chi connectivity index (χ0n) is 15.6. The molecule has 2 heterocycles. The molecular weight excluding hydrogens is 396 g/mol. The third-order valence-electron chi connectivity index (χ3n) is 4.99. The van der Waals surface area contributed by atoms with Crippen molar-refractivity contribution in [2.24, 2.45) is 0 Å². The highest BCUT2D eigenvalue weighted by Gasteiger charge is 2.45. The van der Waals surface area contributed by atoms with Crippen molar-refractivity contribution >= 4 is 11.0 Å². The minimum absolute atomic E-state index is 0.0335. The molecule has 9 heteroatoms. The van der Waals surface area contributed by atoms with Crippen molar-refractivity contribution in [3.63, 3.8) is 0 Å². The lowest BCUT2D eigenvalue weighted by molar-refractivity contribution is -0.277. The molecule has 1 aliphatic heterocycles. The number of fused-ring (bicyclic) bond motifs is 1. The second kappa shape index (κ2) is 8.05. The van der Waals surface area contributed by atoms with E-state index in [9.17, 15) is 25.2 Å². The van der Waals surface area contributed by atoms with E-state index < -0.39 is 37.3 Å². The fraction of sp³-hybridized carbons (Fsp3) is 0.286. The van der Waals surface area contributed by atoms with E-state index in [2.05, 4.69) is 0 Å². The third-order valence-corrected chi connectivity index (χ3v) is 4.99. The zero-order chi connectivity index (χ0) is 21.4. The predicted octanol–water partition coefficient (Wildman–Crippen LogP) is 0.0766. The maximum atomic E-state index is 12.3. The van der Waals surface area contributed by atoms with Crippen molar-refractivity contribution in [2.75, 3.05) is 6.61 Å². The van der Waals surface area contributed by atoms with Gasteiger partial charge in [0.1, 0.15) is 35.8 Å². The molecule has 2 unspecified atom stereocenters. The maximum Gasteiger partial charge on any atom is 0.297 e. The average molecular weight is 417 g/mol. The number of benzene rings is 2. The molecule has 6 N–H and O–H groups in total. The van der Waals surface area contributed by atoms with Crippen LogP contribution >= 0.6 is 0 Å². The van der Waals surface area contributed by atoms with E-state index in [1.165, 1.54) is 18.2 Å². The Bertz CT molecular complexity index is 1110. The highest BCUT2D eigenvalue weighted by molar-refractivity contribution is 5.78. The van der Waals surface area contributed by atoms with E-state index in [-0.39, 0.29) is 22.7 Å². The standard InChI is InChI=1S/C21H20O9/c22-9-17-18(25)19(26)20(27)21(30-17)29-15-6-5-10(7-13(15)24)16-8-12(23)11-3-1-2-4-14(11)28-16/h1-8,17-22,24-27H,9H2/p+1/t17?,18-,19?,20-,21+/m0/s1. The Labute approximate surface area is 170 Å². The summed E-state index contributed by atoms with van der Waals surface area (Å²) in [6, 6.07) is 12.6. The number of hydrogen-bond acceptors (Lipinski definition) is 8. The summed E-state index contributed by atoms with van der Waals surface area (Å²) >= 11 is 0. The molecule has 9 nitrogen and oxygen atoms in total. The van der Waals surface area contributed by atoms with Gasteiger partial charge in [0.15, 0.2) is 5.43 Å². The third kappa shape index (κ3) is 3.64. The van der Waals surface area contributed by atoms with Crippen LogP contribution in [0.15, 0.2) is 57.7 Å². The van der Waals surface area contributed by atoms with Crippen LogP contribution in [0.3, 0.4) is 0 Å². The van der Waals surface area contributed by atoms with Crippen molar-refractivity contribution in [3.05, 3.63) is 58.8 Å². The quantitative estimate of drug-likeness (QED) is 0.435. The van der Waals surface area contributed by atoms with Crippen LogP contribution in [0.2, 0.25) is 0 Å². The van der Waals surface area contributed by atoms with Gasteiger partial charge in [-0.2, -0.15) is 0 Å². The molecule has 0 bridgehead atoms. The van der Waals surface area contributed by atoms with Crippen molar-refractivity contribution < 1.29 is 39.4 Å². The Balaban J connectivity index is 1.60. The number of para-hydroxylation sites is 1. The molecule has 0 aliphatic carbocycles. The summed E-state index contributed by atoms with van der Waals surface area (Å²) in [4.78, 5) is 12.3. The number of aliphatic hydroxyl groups excluding tert-OH is 4.